The molecule has 0 amide bonds. The summed E-state index contributed by atoms with van der Waals surface area (Å²) in [5, 5.41) is 4.67. The van der Waals surface area contributed by atoms with E-state index in [1.54, 1.807) is 0 Å². The SMILES string of the molecule is Cc1nc(C(C)(C)C)sc1CNC(C)C. The van der Waals surface area contributed by atoms with Crippen LogP contribution >= 0.6 is 11.3 Å². The van der Waals surface area contributed by atoms with E-state index in [-0.39, 0.29) is 5.41 Å². The predicted molar refractivity (Wildman–Crippen MR) is 67.5 cm³/mol. The molecule has 0 bridgehead atoms. The Balaban J connectivity index is 2.78. The highest BCUT2D eigenvalue weighted by atomic mass is 32.1. The molecule has 1 aromatic rings. The van der Waals surface area contributed by atoms with Crippen LogP contribution in [0.4, 0.5) is 0 Å². The molecule has 2 nitrogen and oxygen atoms in total. The molecule has 15 heavy (non-hydrogen) atoms. The quantitative estimate of drug-likeness (QED) is 0.856. The number of aromatic nitrogens is 1. The van der Waals surface area contributed by atoms with E-state index >= 15 is 0 Å². The van der Waals surface area contributed by atoms with Gasteiger partial charge in [0.1, 0.15) is 0 Å². The van der Waals surface area contributed by atoms with Gasteiger partial charge in [-0.3, -0.25) is 0 Å². The molecule has 0 aromatic carbocycles. The van der Waals surface area contributed by atoms with E-state index in [1.165, 1.54) is 15.6 Å². The van der Waals surface area contributed by atoms with Crippen LogP contribution in [0.5, 0.6) is 0 Å². The lowest BCUT2D eigenvalue weighted by Crippen LogP contribution is -2.21. The van der Waals surface area contributed by atoms with E-state index in [0.717, 1.165) is 6.54 Å². The first kappa shape index (κ1) is 12.7. The third-order valence-corrected chi connectivity index (χ3v) is 3.79. The van der Waals surface area contributed by atoms with Gasteiger partial charge in [0.15, 0.2) is 0 Å². The minimum Gasteiger partial charge on any atom is -0.310 e. The molecule has 0 spiro atoms. The van der Waals surface area contributed by atoms with Gasteiger partial charge in [0.25, 0.3) is 0 Å². The van der Waals surface area contributed by atoms with Crippen molar-refractivity contribution in [3.05, 3.63) is 15.6 Å². The largest absolute Gasteiger partial charge is 0.310 e. The van der Waals surface area contributed by atoms with Crippen LogP contribution in [0.25, 0.3) is 0 Å². The van der Waals surface area contributed by atoms with E-state index < -0.39 is 0 Å². The number of aryl methyl sites for hydroxylation is 1. The van der Waals surface area contributed by atoms with Gasteiger partial charge in [-0.05, 0) is 6.92 Å². The molecule has 0 radical (unpaired) electrons. The highest BCUT2D eigenvalue weighted by Crippen LogP contribution is 2.29. The number of thiazole rings is 1. The molecule has 1 heterocycles. The average Bonchev–Trinajstić information content (AvgIpc) is 2.42. The van der Waals surface area contributed by atoms with E-state index in [2.05, 4.69) is 51.8 Å². The maximum absolute atomic E-state index is 4.64. The van der Waals surface area contributed by atoms with E-state index in [4.69, 9.17) is 0 Å². The molecule has 0 aliphatic carbocycles. The minimum absolute atomic E-state index is 0.172. The van der Waals surface area contributed by atoms with Gasteiger partial charge < -0.3 is 5.32 Å². The summed E-state index contributed by atoms with van der Waals surface area (Å²) in [6, 6.07) is 0.532. The lowest BCUT2D eigenvalue weighted by molar-refractivity contribution is 0.583. The third-order valence-electron chi connectivity index (χ3n) is 2.21. The molecule has 0 saturated carbocycles. The zero-order chi connectivity index (χ0) is 11.6. The minimum atomic E-state index is 0.172. The summed E-state index contributed by atoms with van der Waals surface area (Å²) in [5.74, 6) is 0. The summed E-state index contributed by atoms with van der Waals surface area (Å²) in [6.45, 7) is 14.0. The van der Waals surface area contributed by atoms with E-state index in [1.807, 2.05) is 11.3 Å². The van der Waals surface area contributed by atoms with Crippen molar-refractivity contribution in [2.24, 2.45) is 0 Å². The van der Waals surface area contributed by atoms with Gasteiger partial charge in [0.05, 0.1) is 10.7 Å². The Bertz CT molecular complexity index is 321. The zero-order valence-corrected chi connectivity index (χ0v) is 11.5. The maximum Gasteiger partial charge on any atom is 0.0984 e. The third kappa shape index (κ3) is 3.58. The summed E-state index contributed by atoms with van der Waals surface area (Å²) < 4.78 is 0. The zero-order valence-electron chi connectivity index (χ0n) is 10.6. The Morgan fingerprint density at radius 2 is 1.93 bits per heavy atom. The second-order valence-electron chi connectivity index (χ2n) is 5.31. The summed E-state index contributed by atoms with van der Waals surface area (Å²) in [7, 11) is 0. The van der Waals surface area contributed by atoms with Crippen LogP contribution in [0.15, 0.2) is 0 Å². The first-order valence-electron chi connectivity index (χ1n) is 5.51. The van der Waals surface area contributed by atoms with Crippen molar-refractivity contribution in [1.82, 2.24) is 10.3 Å². The Labute approximate surface area is 97.1 Å². The fourth-order valence-corrected chi connectivity index (χ4v) is 2.28. The Kier molecular flexibility index (Phi) is 3.90. The first-order chi connectivity index (χ1) is 6.80. The molecular weight excluding hydrogens is 204 g/mol. The lowest BCUT2D eigenvalue weighted by Gasteiger charge is -2.13. The Hall–Kier alpha value is -0.410. The number of hydrogen-bond acceptors (Lipinski definition) is 3. The smallest absolute Gasteiger partial charge is 0.0984 e. The van der Waals surface area contributed by atoms with Crippen molar-refractivity contribution < 1.29 is 0 Å². The van der Waals surface area contributed by atoms with Crippen molar-refractivity contribution >= 4 is 11.3 Å². The van der Waals surface area contributed by atoms with Gasteiger partial charge in [-0.25, -0.2) is 4.98 Å². The summed E-state index contributed by atoms with van der Waals surface area (Å²) in [4.78, 5) is 6.01. The molecule has 1 rings (SSSR count). The number of nitrogens with zero attached hydrogens (tertiary/aromatic N) is 1. The molecule has 0 aliphatic heterocycles. The maximum atomic E-state index is 4.64. The van der Waals surface area contributed by atoms with Crippen LogP contribution in [0.1, 0.15) is 50.2 Å². The highest BCUT2D eigenvalue weighted by Gasteiger charge is 2.19. The van der Waals surface area contributed by atoms with Crippen LogP contribution in [0.3, 0.4) is 0 Å². The predicted octanol–water partition coefficient (Wildman–Crippen LogP) is 3.25. The molecule has 0 saturated heterocycles. The van der Waals surface area contributed by atoms with E-state index in [0.29, 0.717) is 6.04 Å². The van der Waals surface area contributed by atoms with Gasteiger partial charge in [0, 0.05) is 22.9 Å². The van der Waals surface area contributed by atoms with Crippen molar-refractivity contribution in [3.8, 4) is 0 Å². The molecular formula is C12H22N2S. The summed E-state index contributed by atoms with van der Waals surface area (Å²) in [5.41, 5.74) is 1.35. The summed E-state index contributed by atoms with van der Waals surface area (Å²) >= 11 is 1.83. The normalized spacial score (nSPS) is 12.5. The van der Waals surface area contributed by atoms with Crippen LogP contribution in [-0.4, -0.2) is 11.0 Å². The summed E-state index contributed by atoms with van der Waals surface area (Å²) in [6.07, 6.45) is 0. The molecule has 0 fully saturated rings. The van der Waals surface area contributed by atoms with Crippen molar-refractivity contribution in [3.63, 3.8) is 0 Å². The molecule has 0 unspecified atom stereocenters. The van der Waals surface area contributed by atoms with Crippen LogP contribution in [0.2, 0.25) is 0 Å². The monoisotopic (exact) mass is 226 g/mol. The molecule has 86 valence electrons. The highest BCUT2D eigenvalue weighted by molar-refractivity contribution is 7.11. The average molecular weight is 226 g/mol. The van der Waals surface area contributed by atoms with Crippen LogP contribution in [-0.2, 0) is 12.0 Å². The van der Waals surface area contributed by atoms with Gasteiger partial charge >= 0.3 is 0 Å². The molecule has 0 aliphatic rings. The van der Waals surface area contributed by atoms with E-state index in [9.17, 15) is 0 Å². The Morgan fingerprint density at radius 3 is 2.33 bits per heavy atom. The molecule has 0 atom stereocenters. The second kappa shape index (κ2) is 4.62. The molecule has 1 N–H and O–H groups in total. The number of nitrogens with one attached hydrogen (secondary N) is 1. The van der Waals surface area contributed by atoms with Crippen molar-refractivity contribution in [2.45, 2.75) is 59.5 Å². The lowest BCUT2D eigenvalue weighted by atomic mass is 9.98. The standard InChI is InChI=1S/C12H22N2S/c1-8(2)13-7-10-9(3)14-11(15-10)12(4,5)6/h8,13H,7H2,1-6H3. The van der Waals surface area contributed by atoms with Gasteiger partial charge in [-0.2, -0.15) is 0 Å². The van der Waals surface area contributed by atoms with Gasteiger partial charge in [-0.15, -0.1) is 11.3 Å². The number of rotatable bonds is 3. The molecule has 1 aromatic heterocycles. The van der Waals surface area contributed by atoms with Gasteiger partial charge in [0.2, 0.25) is 0 Å². The van der Waals surface area contributed by atoms with Crippen LogP contribution < -0.4 is 5.32 Å². The Morgan fingerprint density at radius 1 is 1.33 bits per heavy atom. The van der Waals surface area contributed by atoms with Crippen molar-refractivity contribution in [2.75, 3.05) is 0 Å². The fraction of sp³-hybridized carbons (Fsp3) is 0.750. The number of hydrogen-bond donors (Lipinski definition) is 1. The second-order valence-corrected chi connectivity index (χ2v) is 6.40. The fourth-order valence-electron chi connectivity index (χ4n) is 1.21. The van der Waals surface area contributed by atoms with Gasteiger partial charge in [-0.1, -0.05) is 34.6 Å². The molecule has 3 heteroatoms. The topological polar surface area (TPSA) is 24.9 Å². The first-order valence-corrected chi connectivity index (χ1v) is 6.32. The van der Waals surface area contributed by atoms with Crippen LogP contribution in [0, 0.1) is 6.92 Å². The van der Waals surface area contributed by atoms with Crippen molar-refractivity contribution in [1.29, 1.82) is 0 Å².